The number of methoxy groups -OCH3 is 2. The van der Waals surface area contributed by atoms with Crippen molar-refractivity contribution in [3.05, 3.63) is 95.6 Å². The van der Waals surface area contributed by atoms with Crippen LogP contribution in [0.1, 0.15) is 16.7 Å². The minimum Gasteiger partial charge on any atom is -0.508 e. The normalized spacial score (nSPS) is 12.1. The number of phenols is 1. The van der Waals surface area contributed by atoms with Crippen molar-refractivity contribution < 1.29 is 33.7 Å². The van der Waals surface area contributed by atoms with Gasteiger partial charge in [0, 0.05) is 12.8 Å². The number of hydrogen-bond acceptors (Lipinski definition) is 7. The topological polar surface area (TPSA) is 123 Å². The first kappa shape index (κ1) is 27.1. The van der Waals surface area contributed by atoms with Crippen LogP contribution in [0.15, 0.2) is 78.9 Å². The number of benzene rings is 3. The number of aromatic hydroxyl groups is 1. The Bertz CT molecular complexity index is 1170. The van der Waals surface area contributed by atoms with Gasteiger partial charge in [0.2, 0.25) is 5.91 Å². The fraction of sp³-hybridized carbons (Fsp3) is 0.250. The van der Waals surface area contributed by atoms with Crippen LogP contribution in [-0.4, -0.2) is 49.4 Å². The van der Waals surface area contributed by atoms with Crippen molar-refractivity contribution in [3.8, 4) is 11.5 Å². The molecule has 0 saturated carbocycles. The zero-order valence-electron chi connectivity index (χ0n) is 20.7. The second-order valence-corrected chi connectivity index (χ2v) is 8.27. The summed E-state index contributed by atoms with van der Waals surface area (Å²) in [6.07, 6.45) is -0.499. The SMILES string of the molecule is COC(=O)C(Cc1ccc(O)cc1)NC(=O)C(Cc1ccc(OC)cc1)NC(=O)OCc1ccccc1. The Balaban J connectivity index is 1.74. The highest BCUT2D eigenvalue weighted by Gasteiger charge is 2.28. The molecule has 0 aromatic heterocycles. The van der Waals surface area contributed by atoms with Gasteiger partial charge in [0.1, 0.15) is 30.2 Å². The summed E-state index contributed by atoms with van der Waals surface area (Å²) >= 11 is 0. The van der Waals surface area contributed by atoms with Crippen LogP contribution in [0.5, 0.6) is 11.5 Å². The zero-order chi connectivity index (χ0) is 26.6. The molecule has 3 rings (SSSR count). The van der Waals surface area contributed by atoms with E-state index in [1.54, 1.807) is 43.5 Å². The van der Waals surface area contributed by atoms with E-state index in [0.29, 0.717) is 11.3 Å². The molecular weight excluding hydrogens is 476 g/mol. The van der Waals surface area contributed by atoms with Crippen molar-refractivity contribution >= 4 is 18.0 Å². The number of hydrogen-bond donors (Lipinski definition) is 3. The zero-order valence-corrected chi connectivity index (χ0v) is 20.7. The van der Waals surface area contributed by atoms with Gasteiger partial charge >= 0.3 is 12.1 Å². The van der Waals surface area contributed by atoms with Gasteiger partial charge in [-0.1, -0.05) is 54.6 Å². The van der Waals surface area contributed by atoms with Crippen molar-refractivity contribution in [2.75, 3.05) is 14.2 Å². The highest BCUT2D eigenvalue weighted by atomic mass is 16.5. The molecule has 0 saturated heterocycles. The molecule has 0 aliphatic rings. The molecule has 3 aromatic carbocycles. The first-order valence-electron chi connectivity index (χ1n) is 11.6. The van der Waals surface area contributed by atoms with E-state index in [9.17, 15) is 19.5 Å². The molecule has 9 nitrogen and oxygen atoms in total. The lowest BCUT2D eigenvalue weighted by molar-refractivity contribution is -0.145. The molecule has 3 N–H and O–H groups in total. The third kappa shape index (κ3) is 8.57. The Morgan fingerprint density at radius 3 is 1.95 bits per heavy atom. The molecule has 2 amide bonds. The van der Waals surface area contributed by atoms with E-state index in [1.807, 2.05) is 30.3 Å². The van der Waals surface area contributed by atoms with Crippen molar-refractivity contribution in [3.63, 3.8) is 0 Å². The second-order valence-electron chi connectivity index (χ2n) is 8.27. The number of esters is 1. The van der Waals surface area contributed by atoms with Crippen LogP contribution in [-0.2, 0) is 38.5 Å². The van der Waals surface area contributed by atoms with E-state index in [0.717, 1.165) is 11.1 Å². The molecule has 0 aliphatic carbocycles. The van der Waals surface area contributed by atoms with Gasteiger partial charge < -0.3 is 30.0 Å². The molecular formula is C28H30N2O7. The van der Waals surface area contributed by atoms with Crippen molar-refractivity contribution in [2.45, 2.75) is 31.5 Å². The minimum atomic E-state index is -1.04. The molecule has 37 heavy (non-hydrogen) atoms. The highest BCUT2D eigenvalue weighted by Crippen LogP contribution is 2.15. The van der Waals surface area contributed by atoms with Gasteiger partial charge in [-0.15, -0.1) is 0 Å². The quantitative estimate of drug-likeness (QED) is 0.342. The van der Waals surface area contributed by atoms with Crippen LogP contribution in [0.25, 0.3) is 0 Å². The van der Waals surface area contributed by atoms with Crippen LogP contribution in [0, 0.1) is 0 Å². The van der Waals surface area contributed by atoms with Gasteiger partial charge in [-0.25, -0.2) is 9.59 Å². The number of amides is 2. The van der Waals surface area contributed by atoms with Crippen LogP contribution < -0.4 is 15.4 Å². The lowest BCUT2D eigenvalue weighted by Crippen LogP contribution is -2.53. The highest BCUT2D eigenvalue weighted by molar-refractivity contribution is 5.90. The lowest BCUT2D eigenvalue weighted by Gasteiger charge is -2.22. The average molecular weight is 507 g/mol. The van der Waals surface area contributed by atoms with Gasteiger partial charge in [0.15, 0.2) is 0 Å². The molecule has 0 heterocycles. The number of carbonyl (C=O) groups is 3. The van der Waals surface area contributed by atoms with Gasteiger partial charge in [-0.3, -0.25) is 4.79 Å². The van der Waals surface area contributed by atoms with Crippen molar-refractivity contribution in [1.82, 2.24) is 10.6 Å². The van der Waals surface area contributed by atoms with E-state index in [-0.39, 0.29) is 25.2 Å². The Morgan fingerprint density at radius 2 is 1.35 bits per heavy atom. The van der Waals surface area contributed by atoms with Gasteiger partial charge in [0.25, 0.3) is 0 Å². The second kappa shape index (κ2) is 13.5. The summed E-state index contributed by atoms with van der Waals surface area (Å²) in [5, 5.41) is 14.8. The standard InChI is InChI=1S/C28H30N2O7/c1-35-23-14-10-20(11-15-23)16-24(30-28(34)37-18-21-6-4-3-5-7-21)26(32)29-25(27(33)36-2)17-19-8-12-22(31)13-9-19/h3-15,24-25,31H,16-18H2,1-2H3,(H,29,32)(H,30,34). The Morgan fingerprint density at radius 1 is 0.757 bits per heavy atom. The maximum atomic E-state index is 13.3. The van der Waals surface area contributed by atoms with E-state index < -0.39 is 30.1 Å². The van der Waals surface area contributed by atoms with Gasteiger partial charge in [-0.2, -0.15) is 0 Å². The predicted molar refractivity (Wildman–Crippen MR) is 136 cm³/mol. The van der Waals surface area contributed by atoms with E-state index in [2.05, 4.69) is 10.6 Å². The number of rotatable bonds is 11. The van der Waals surface area contributed by atoms with E-state index in [1.165, 1.54) is 19.2 Å². The van der Waals surface area contributed by atoms with Crippen molar-refractivity contribution in [2.24, 2.45) is 0 Å². The molecule has 9 heteroatoms. The Labute approximate surface area is 215 Å². The Hall–Kier alpha value is -4.53. The molecule has 2 unspecified atom stereocenters. The summed E-state index contributed by atoms with van der Waals surface area (Å²) in [7, 11) is 2.78. The largest absolute Gasteiger partial charge is 0.508 e. The van der Waals surface area contributed by atoms with Crippen LogP contribution >= 0.6 is 0 Å². The summed E-state index contributed by atoms with van der Waals surface area (Å²) in [5.41, 5.74) is 2.27. The van der Waals surface area contributed by atoms with Crippen molar-refractivity contribution in [1.29, 1.82) is 0 Å². The summed E-state index contributed by atoms with van der Waals surface area (Å²) in [4.78, 5) is 38.3. The van der Waals surface area contributed by atoms with E-state index in [4.69, 9.17) is 14.2 Å². The molecule has 0 radical (unpaired) electrons. The monoisotopic (exact) mass is 506 g/mol. The first-order valence-corrected chi connectivity index (χ1v) is 11.6. The summed E-state index contributed by atoms with van der Waals surface area (Å²) in [6.45, 7) is 0.0369. The minimum absolute atomic E-state index is 0.0369. The Kier molecular flexibility index (Phi) is 9.90. The van der Waals surface area contributed by atoms with E-state index >= 15 is 0 Å². The molecule has 2 atom stereocenters. The molecule has 0 fully saturated rings. The number of nitrogens with one attached hydrogen (secondary N) is 2. The molecule has 3 aromatic rings. The fourth-order valence-corrected chi connectivity index (χ4v) is 3.59. The molecule has 194 valence electrons. The van der Waals surface area contributed by atoms with Gasteiger partial charge in [-0.05, 0) is 41.0 Å². The van der Waals surface area contributed by atoms with Crippen LogP contribution in [0.2, 0.25) is 0 Å². The number of alkyl carbamates (subject to hydrolysis) is 1. The number of ether oxygens (including phenoxy) is 3. The molecule has 0 aliphatic heterocycles. The number of phenolic OH excluding ortho intramolecular Hbond substituents is 1. The fourth-order valence-electron chi connectivity index (χ4n) is 3.59. The average Bonchev–Trinajstić information content (AvgIpc) is 2.92. The maximum Gasteiger partial charge on any atom is 0.408 e. The summed E-state index contributed by atoms with van der Waals surface area (Å²) in [5.74, 6) is -0.488. The van der Waals surface area contributed by atoms with Gasteiger partial charge in [0.05, 0.1) is 14.2 Å². The first-order chi connectivity index (χ1) is 17.9. The maximum absolute atomic E-state index is 13.3. The smallest absolute Gasteiger partial charge is 0.408 e. The summed E-state index contributed by atoms with van der Waals surface area (Å²) < 4.78 is 15.3. The predicted octanol–water partition coefficient (Wildman–Crippen LogP) is 3.14. The molecule has 0 bridgehead atoms. The van der Waals surface area contributed by atoms with Crippen LogP contribution in [0.3, 0.4) is 0 Å². The third-order valence-corrected chi connectivity index (χ3v) is 5.60. The number of carbonyl (C=O) groups excluding carboxylic acids is 3. The third-order valence-electron chi connectivity index (χ3n) is 5.60. The lowest BCUT2D eigenvalue weighted by atomic mass is 10.0. The molecule has 0 spiro atoms. The van der Waals surface area contributed by atoms with Crippen LogP contribution in [0.4, 0.5) is 4.79 Å². The summed E-state index contributed by atoms with van der Waals surface area (Å²) in [6, 6.07) is 20.4.